The summed E-state index contributed by atoms with van der Waals surface area (Å²) < 4.78 is 1.30. The Kier molecular flexibility index (Phi) is 5.60. The SMILES string of the molecule is Cc1ccc(C(Nc2ccccc2)On2c(-c3ccccc3)nc3ccccc3c2=O)cc1. The van der Waals surface area contributed by atoms with Crippen LogP contribution in [0.15, 0.2) is 114 Å². The zero-order valence-electron chi connectivity index (χ0n) is 18.2. The molecule has 1 aromatic heterocycles. The number of anilines is 1. The summed E-state index contributed by atoms with van der Waals surface area (Å²) in [6.45, 7) is 2.04. The predicted molar refractivity (Wildman–Crippen MR) is 132 cm³/mol. The fraction of sp³-hybridized carbons (Fsp3) is 0.0714. The van der Waals surface area contributed by atoms with Gasteiger partial charge in [-0.2, -0.15) is 0 Å². The van der Waals surface area contributed by atoms with E-state index in [0.717, 1.165) is 22.4 Å². The molecule has 5 rings (SSSR count). The summed E-state index contributed by atoms with van der Waals surface area (Å²) in [5, 5.41) is 3.91. The van der Waals surface area contributed by atoms with Crippen molar-refractivity contribution in [3.8, 4) is 11.4 Å². The lowest BCUT2D eigenvalue weighted by Gasteiger charge is -2.24. The Morgan fingerprint density at radius 2 is 1.42 bits per heavy atom. The number of aryl methyl sites for hydroxylation is 1. The molecular formula is C28H23N3O2. The van der Waals surface area contributed by atoms with Crippen molar-refractivity contribution in [2.75, 3.05) is 5.32 Å². The van der Waals surface area contributed by atoms with E-state index >= 15 is 0 Å². The minimum absolute atomic E-state index is 0.258. The monoisotopic (exact) mass is 433 g/mol. The van der Waals surface area contributed by atoms with Crippen molar-refractivity contribution in [1.82, 2.24) is 9.71 Å². The topological polar surface area (TPSA) is 56.1 Å². The third-order valence-corrected chi connectivity index (χ3v) is 5.43. The molecule has 162 valence electrons. The van der Waals surface area contributed by atoms with Gasteiger partial charge in [-0.05, 0) is 31.2 Å². The predicted octanol–water partition coefficient (Wildman–Crippen LogP) is 5.61. The van der Waals surface area contributed by atoms with Crippen molar-refractivity contribution in [1.29, 1.82) is 0 Å². The van der Waals surface area contributed by atoms with E-state index in [9.17, 15) is 4.79 Å². The Morgan fingerprint density at radius 1 is 0.788 bits per heavy atom. The molecule has 1 N–H and O–H groups in total. The number of aromatic nitrogens is 2. The molecule has 0 fully saturated rings. The van der Waals surface area contributed by atoms with Gasteiger partial charge in [-0.1, -0.05) is 90.5 Å². The molecule has 0 aliphatic carbocycles. The van der Waals surface area contributed by atoms with Gasteiger partial charge >= 0.3 is 0 Å². The molecule has 0 radical (unpaired) electrons. The van der Waals surface area contributed by atoms with E-state index in [4.69, 9.17) is 9.82 Å². The van der Waals surface area contributed by atoms with Crippen molar-refractivity contribution in [2.24, 2.45) is 0 Å². The number of nitrogens with one attached hydrogen (secondary N) is 1. The minimum Gasteiger partial charge on any atom is -0.379 e. The zero-order valence-corrected chi connectivity index (χ0v) is 18.2. The van der Waals surface area contributed by atoms with Crippen LogP contribution in [0.2, 0.25) is 0 Å². The highest BCUT2D eigenvalue weighted by Gasteiger charge is 2.20. The van der Waals surface area contributed by atoms with E-state index in [1.165, 1.54) is 4.73 Å². The Morgan fingerprint density at radius 3 is 2.15 bits per heavy atom. The highest BCUT2D eigenvalue weighted by Crippen LogP contribution is 2.23. The number of hydrogen-bond donors (Lipinski definition) is 1. The Labute approximate surface area is 191 Å². The van der Waals surface area contributed by atoms with E-state index in [1.54, 1.807) is 6.07 Å². The molecule has 5 heteroatoms. The van der Waals surface area contributed by atoms with Crippen LogP contribution in [0.4, 0.5) is 5.69 Å². The first-order valence-electron chi connectivity index (χ1n) is 10.8. The van der Waals surface area contributed by atoms with Crippen LogP contribution in [0, 0.1) is 6.92 Å². The molecule has 0 saturated carbocycles. The number of nitrogens with zero attached hydrogens (tertiary/aromatic N) is 2. The van der Waals surface area contributed by atoms with Gasteiger partial charge in [0.05, 0.1) is 10.9 Å². The van der Waals surface area contributed by atoms with Crippen molar-refractivity contribution in [3.05, 3.63) is 131 Å². The zero-order chi connectivity index (χ0) is 22.6. The molecule has 5 aromatic rings. The fourth-order valence-electron chi connectivity index (χ4n) is 3.69. The third-order valence-electron chi connectivity index (χ3n) is 5.43. The fourth-order valence-corrected chi connectivity index (χ4v) is 3.69. The summed E-state index contributed by atoms with van der Waals surface area (Å²) in [4.78, 5) is 24.7. The first kappa shape index (κ1) is 20.5. The van der Waals surface area contributed by atoms with Crippen molar-refractivity contribution < 1.29 is 4.84 Å². The molecule has 0 aliphatic heterocycles. The molecule has 0 aliphatic rings. The summed E-state index contributed by atoms with van der Waals surface area (Å²) in [5.41, 5.74) is 4.08. The Balaban J connectivity index is 1.66. The van der Waals surface area contributed by atoms with E-state index in [0.29, 0.717) is 16.7 Å². The van der Waals surface area contributed by atoms with Crippen LogP contribution < -0.4 is 15.7 Å². The third kappa shape index (κ3) is 4.34. The number of benzene rings is 4. The summed E-state index contributed by atoms with van der Waals surface area (Å²) in [5.74, 6) is 0.450. The molecule has 4 aromatic carbocycles. The van der Waals surface area contributed by atoms with Gasteiger partial charge in [-0.3, -0.25) is 4.79 Å². The van der Waals surface area contributed by atoms with Crippen LogP contribution in [0.5, 0.6) is 0 Å². The van der Waals surface area contributed by atoms with Crippen LogP contribution in [0.1, 0.15) is 17.4 Å². The quantitative estimate of drug-likeness (QED) is 0.354. The normalized spacial score (nSPS) is 11.8. The molecule has 0 bridgehead atoms. The second-order valence-corrected chi connectivity index (χ2v) is 7.82. The maximum absolute atomic E-state index is 13.6. The molecule has 33 heavy (non-hydrogen) atoms. The van der Waals surface area contributed by atoms with Gasteiger partial charge in [-0.25, -0.2) is 4.98 Å². The van der Waals surface area contributed by atoms with Gasteiger partial charge in [0, 0.05) is 16.8 Å². The molecule has 1 unspecified atom stereocenters. The Bertz CT molecular complexity index is 1430. The molecule has 1 atom stereocenters. The van der Waals surface area contributed by atoms with Crippen LogP contribution in [-0.4, -0.2) is 9.71 Å². The first-order valence-corrected chi connectivity index (χ1v) is 10.8. The lowest BCUT2D eigenvalue weighted by molar-refractivity contribution is 0.0490. The van der Waals surface area contributed by atoms with Gasteiger partial charge in [0.2, 0.25) is 6.23 Å². The molecule has 5 nitrogen and oxygen atoms in total. The molecule has 0 spiro atoms. The summed E-state index contributed by atoms with van der Waals surface area (Å²) in [7, 11) is 0. The average Bonchev–Trinajstić information content (AvgIpc) is 2.87. The van der Waals surface area contributed by atoms with E-state index in [2.05, 4.69) is 5.32 Å². The second-order valence-electron chi connectivity index (χ2n) is 7.82. The largest absolute Gasteiger partial charge is 0.379 e. The van der Waals surface area contributed by atoms with Crippen LogP contribution >= 0.6 is 0 Å². The molecule has 0 saturated heterocycles. The minimum atomic E-state index is -0.615. The van der Waals surface area contributed by atoms with E-state index < -0.39 is 6.23 Å². The molecule has 1 heterocycles. The van der Waals surface area contributed by atoms with Crippen LogP contribution in [0.25, 0.3) is 22.3 Å². The van der Waals surface area contributed by atoms with Crippen molar-refractivity contribution >= 4 is 16.6 Å². The van der Waals surface area contributed by atoms with Gasteiger partial charge < -0.3 is 10.2 Å². The van der Waals surface area contributed by atoms with Gasteiger partial charge in [-0.15, -0.1) is 4.73 Å². The average molecular weight is 434 g/mol. The number of hydrogen-bond acceptors (Lipinski definition) is 4. The van der Waals surface area contributed by atoms with Gasteiger partial charge in [0.15, 0.2) is 5.82 Å². The maximum atomic E-state index is 13.6. The summed E-state index contributed by atoms with van der Waals surface area (Å²) >= 11 is 0. The lowest BCUT2D eigenvalue weighted by Crippen LogP contribution is -2.34. The van der Waals surface area contributed by atoms with Crippen LogP contribution in [-0.2, 0) is 0 Å². The van der Waals surface area contributed by atoms with Gasteiger partial charge in [0.25, 0.3) is 5.56 Å². The summed E-state index contributed by atoms with van der Waals surface area (Å²) in [6.07, 6.45) is -0.615. The van der Waals surface area contributed by atoms with Crippen LogP contribution in [0.3, 0.4) is 0 Å². The highest BCUT2D eigenvalue weighted by molar-refractivity contribution is 5.79. The van der Waals surface area contributed by atoms with E-state index in [1.807, 2.05) is 110 Å². The Hall–Kier alpha value is -4.38. The number of para-hydroxylation sites is 2. The van der Waals surface area contributed by atoms with Crippen molar-refractivity contribution in [2.45, 2.75) is 13.2 Å². The number of fused-ring (bicyclic) bond motifs is 1. The molecular weight excluding hydrogens is 410 g/mol. The van der Waals surface area contributed by atoms with E-state index in [-0.39, 0.29) is 5.56 Å². The smallest absolute Gasteiger partial charge is 0.294 e. The molecule has 0 amide bonds. The van der Waals surface area contributed by atoms with Gasteiger partial charge in [0.1, 0.15) is 0 Å². The highest BCUT2D eigenvalue weighted by atomic mass is 16.7. The first-order chi connectivity index (χ1) is 16.2. The maximum Gasteiger partial charge on any atom is 0.294 e. The summed E-state index contributed by atoms with van der Waals surface area (Å²) in [6, 6.07) is 34.8. The lowest BCUT2D eigenvalue weighted by atomic mass is 10.1. The second kappa shape index (κ2) is 9.01. The number of rotatable bonds is 6. The standard InChI is InChI=1S/C28H23N3O2/c1-20-16-18-22(19-17-20)27(29-23-12-6-3-7-13-23)33-31-26(21-10-4-2-5-11-21)30-25-15-9-8-14-24(25)28(31)32/h2-19,27,29H,1H3. The van der Waals surface area contributed by atoms with Crippen molar-refractivity contribution in [3.63, 3.8) is 0 Å².